The summed E-state index contributed by atoms with van der Waals surface area (Å²) in [7, 11) is 1.68. The number of rotatable bonds is 3. The molecule has 2 aliphatic rings. The van der Waals surface area contributed by atoms with Crippen molar-refractivity contribution in [3.05, 3.63) is 0 Å². The van der Waals surface area contributed by atoms with Crippen molar-refractivity contribution in [3.63, 3.8) is 0 Å². The second kappa shape index (κ2) is 5.35. The molecule has 112 valence electrons. The molecule has 4 unspecified atom stereocenters. The molecule has 0 aromatic carbocycles. The summed E-state index contributed by atoms with van der Waals surface area (Å²) in [6.07, 6.45) is -1.75. The van der Waals surface area contributed by atoms with Crippen LogP contribution in [0.25, 0.3) is 0 Å². The van der Waals surface area contributed by atoms with Crippen molar-refractivity contribution in [1.82, 2.24) is 15.8 Å². The van der Waals surface area contributed by atoms with Gasteiger partial charge < -0.3 is 15.9 Å². The molecule has 0 aromatic heterocycles. The zero-order chi connectivity index (χ0) is 15.0. The minimum atomic E-state index is -1.04. The van der Waals surface area contributed by atoms with Gasteiger partial charge in [-0.3, -0.25) is 14.9 Å². The first-order valence-electron chi connectivity index (χ1n) is 6.34. The molecule has 1 amide bonds. The lowest BCUT2D eigenvalue weighted by Crippen LogP contribution is -2.70. The van der Waals surface area contributed by atoms with Crippen LogP contribution in [0.3, 0.4) is 0 Å². The van der Waals surface area contributed by atoms with E-state index in [-0.39, 0.29) is 18.3 Å². The standard InChI is InChI=1S/C11H19N5O4/c1-4(3-5(17)18)7-8(19)6-9(16(2)15-7)13-11(12)14-10(6)20/h4,6-9,15,19H,3H2,1-2H3,(H,17,18)(H3,12,13,14,20)/t4-,6?,7?,8?,9?/m1/s1. The number of hydrazine groups is 1. The number of nitrogens with two attached hydrogens (primary N) is 1. The van der Waals surface area contributed by atoms with Gasteiger partial charge in [0.1, 0.15) is 12.1 Å². The first kappa shape index (κ1) is 14.7. The van der Waals surface area contributed by atoms with E-state index in [0.29, 0.717) is 0 Å². The predicted molar refractivity (Wildman–Crippen MR) is 69.2 cm³/mol. The Morgan fingerprint density at radius 1 is 1.60 bits per heavy atom. The van der Waals surface area contributed by atoms with Gasteiger partial charge in [-0.2, -0.15) is 0 Å². The number of carboxylic acids is 1. The number of nitrogens with zero attached hydrogens (tertiary/aromatic N) is 2. The number of aliphatic imine (C=N–C) groups is 1. The molecule has 2 heterocycles. The number of carbonyl (C=O) groups is 2. The number of guanidine groups is 1. The normalized spacial score (nSPS) is 35.8. The third kappa shape index (κ3) is 2.60. The molecule has 1 saturated heterocycles. The van der Waals surface area contributed by atoms with Crippen molar-refractivity contribution in [2.24, 2.45) is 22.6 Å². The zero-order valence-corrected chi connectivity index (χ0v) is 11.3. The third-order valence-corrected chi connectivity index (χ3v) is 3.74. The van der Waals surface area contributed by atoms with Crippen molar-refractivity contribution in [3.8, 4) is 0 Å². The van der Waals surface area contributed by atoms with E-state index in [9.17, 15) is 14.7 Å². The molecule has 0 spiro atoms. The molecule has 0 bridgehead atoms. The number of carbonyl (C=O) groups excluding carboxylic acids is 1. The monoisotopic (exact) mass is 285 g/mol. The molecule has 2 aliphatic heterocycles. The number of aliphatic carboxylic acids is 1. The van der Waals surface area contributed by atoms with E-state index in [4.69, 9.17) is 10.8 Å². The Kier molecular flexibility index (Phi) is 3.93. The molecule has 5 atom stereocenters. The second-order valence-electron chi connectivity index (χ2n) is 5.27. The molecule has 6 N–H and O–H groups in total. The molecule has 0 saturated carbocycles. The lowest BCUT2D eigenvalue weighted by atomic mass is 9.83. The van der Waals surface area contributed by atoms with Crippen LogP contribution in [0.5, 0.6) is 0 Å². The number of aliphatic hydroxyl groups is 1. The predicted octanol–water partition coefficient (Wildman–Crippen LogP) is -2.34. The Hall–Kier alpha value is -1.71. The van der Waals surface area contributed by atoms with Crippen LogP contribution in [0, 0.1) is 11.8 Å². The maximum absolute atomic E-state index is 12.0. The Balaban J connectivity index is 2.22. The molecule has 0 aromatic rings. The van der Waals surface area contributed by atoms with Crippen molar-refractivity contribution in [1.29, 1.82) is 0 Å². The van der Waals surface area contributed by atoms with Crippen molar-refractivity contribution >= 4 is 17.8 Å². The van der Waals surface area contributed by atoms with Crippen molar-refractivity contribution < 1.29 is 19.8 Å². The van der Waals surface area contributed by atoms with Crippen LogP contribution < -0.4 is 16.5 Å². The summed E-state index contributed by atoms with van der Waals surface area (Å²) < 4.78 is 0. The number of hydrogen-bond donors (Lipinski definition) is 5. The highest BCUT2D eigenvalue weighted by Gasteiger charge is 2.49. The topological polar surface area (TPSA) is 140 Å². The first-order chi connectivity index (χ1) is 9.31. The number of hydrogen-bond acceptors (Lipinski definition) is 7. The van der Waals surface area contributed by atoms with Gasteiger partial charge in [0.25, 0.3) is 0 Å². The van der Waals surface area contributed by atoms with E-state index < -0.39 is 36.1 Å². The lowest BCUT2D eigenvalue weighted by Gasteiger charge is -2.47. The van der Waals surface area contributed by atoms with Crippen molar-refractivity contribution in [2.75, 3.05) is 7.05 Å². The molecule has 9 heteroatoms. The van der Waals surface area contributed by atoms with Crippen LogP contribution in [0.4, 0.5) is 0 Å². The van der Waals surface area contributed by atoms with Crippen LogP contribution in [0.15, 0.2) is 4.99 Å². The second-order valence-corrected chi connectivity index (χ2v) is 5.27. The number of aliphatic hydroxyl groups excluding tert-OH is 1. The van der Waals surface area contributed by atoms with Crippen LogP contribution in [0.1, 0.15) is 13.3 Å². The fraction of sp³-hybridized carbons (Fsp3) is 0.727. The molecular formula is C11H19N5O4. The number of carboxylic acid groups (broad SMARTS) is 1. The van der Waals surface area contributed by atoms with Crippen LogP contribution in [0.2, 0.25) is 0 Å². The van der Waals surface area contributed by atoms with Gasteiger partial charge in [-0.1, -0.05) is 6.92 Å². The molecule has 2 rings (SSSR count). The molecule has 9 nitrogen and oxygen atoms in total. The largest absolute Gasteiger partial charge is 0.481 e. The summed E-state index contributed by atoms with van der Waals surface area (Å²) in [5.74, 6) is -2.48. The van der Waals surface area contributed by atoms with Gasteiger partial charge in [0, 0.05) is 13.5 Å². The summed E-state index contributed by atoms with van der Waals surface area (Å²) in [6, 6.07) is -0.544. The minimum Gasteiger partial charge on any atom is -0.481 e. The smallest absolute Gasteiger partial charge is 0.303 e. The highest BCUT2D eigenvalue weighted by Crippen LogP contribution is 2.28. The quantitative estimate of drug-likeness (QED) is 0.391. The van der Waals surface area contributed by atoms with Crippen molar-refractivity contribution in [2.45, 2.75) is 31.7 Å². The van der Waals surface area contributed by atoms with Gasteiger partial charge in [-0.05, 0) is 5.92 Å². The SMILES string of the molecule is C[C@H](CC(=O)O)C1NN(C)C2N=C(N)NC(=O)C2C1O. The Labute approximate surface area is 115 Å². The van der Waals surface area contributed by atoms with Crippen LogP contribution >= 0.6 is 0 Å². The third-order valence-electron chi connectivity index (χ3n) is 3.74. The fourth-order valence-electron chi connectivity index (χ4n) is 2.74. The highest BCUT2D eigenvalue weighted by molar-refractivity contribution is 5.99. The number of nitrogens with one attached hydrogen (secondary N) is 2. The van der Waals surface area contributed by atoms with E-state index in [1.165, 1.54) is 0 Å². The Morgan fingerprint density at radius 2 is 2.25 bits per heavy atom. The number of fused-ring (bicyclic) bond motifs is 1. The minimum absolute atomic E-state index is 0.00846. The Bertz CT molecular complexity index is 454. The van der Waals surface area contributed by atoms with Gasteiger partial charge in [0.15, 0.2) is 5.96 Å². The summed E-state index contributed by atoms with van der Waals surface area (Å²) in [5.41, 5.74) is 8.49. The van der Waals surface area contributed by atoms with Gasteiger partial charge >= 0.3 is 5.97 Å². The maximum Gasteiger partial charge on any atom is 0.303 e. The molecule has 1 fully saturated rings. The highest BCUT2D eigenvalue weighted by atomic mass is 16.4. The zero-order valence-electron chi connectivity index (χ0n) is 11.3. The van der Waals surface area contributed by atoms with Gasteiger partial charge in [0.05, 0.1) is 12.1 Å². The molecular weight excluding hydrogens is 266 g/mol. The summed E-state index contributed by atoms with van der Waals surface area (Å²) in [5, 5.41) is 23.2. The van der Waals surface area contributed by atoms with E-state index in [1.807, 2.05) is 0 Å². The first-order valence-corrected chi connectivity index (χ1v) is 6.34. The average Bonchev–Trinajstić information content (AvgIpc) is 2.31. The Morgan fingerprint density at radius 3 is 2.85 bits per heavy atom. The van der Waals surface area contributed by atoms with E-state index in [2.05, 4.69) is 15.7 Å². The van der Waals surface area contributed by atoms with Gasteiger partial charge in [-0.15, -0.1) is 0 Å². The molecule has 20 heavy (non-hydrogen) atoms. The summed E-state index contributed by atoms with van der Waals surface area (Å²) >= 11 is 0. The average molecular weight is 285 g/mol. The fourth-order valence-corrected chi connectivity index (χ4v) is 2.74. The summed E-state index contributed by atoms with van der Waals surface area (Å²) in [4.78, 5) is 26.9. The molecule has 0 radical (unpaired) electrons. The molecule has 0 aliphatic carbocycles. The van der Waals surface area contributed by atoms with E-state index >= 15 is 0 Å². The summed E-state index contributed by atoms with van der Waals surface area (Å²) in [6.45, 7) is 1.71. The van der Waals surface area contributed by atoms with E-state index in [0.717, 1.165) is 0 Å². The maximum atomic E-state index is 12.0. The number of amides is 1. The van der Waals surface area contributed by atoms with Crippen LogP contribution in [-0.4, -0.2) is 58.4 Å². The lowest BCUT2D eigenvalue weighted by molar-refractivity contribution is -0.145. The van der Waals surface area contributed by atoms with E-state index in [1.54, 1.807) is 19.0 Å². The van der Waals surface area contributed by atoms with Gasteiger partial charge in [0.2, 0.25) is 5.91 Å². The van der Waals surface area contributed by atoms with Crippen LogP contribution in [-0.2, 0) is 9.59 Å². The van der Waals surface area contributed by atoms with Gasteiger partial charge in [-0.25, -0.2) is 15.4 Å².